The third-order valence-corrected chi connectivity index (χ3v) is 3.48. The molecule has 0 saturated heterocycles. The molecule has 0 fully saturated rings. The highest BCUT2D eigenvalue weighted by atomic mass is 32.2. The minimum absolute atomic E-state index is 0.235. The first-order chi connectivity index (χ1) is 6.59. The van der Waals surface area contributed by atoms with E-state index in [2.05, 4.69) is 15.3 Å². The van der Waals surface area contributed by atoms with Gasteiger partial charge < -0.3 is 10.3 Å². The quantitative estimate of drug-likeness (QED) is 0.778. The molecule has 0 saturated carbocycles. The lowest BCUT2D eigenvalue weighted by molar-refractivity contribution is 0.672. The standard InChI is InChI=1S/C9H17N3OS/c1-7-6-11-9(12-7)10-5-4-8(2)14(3)13/h6,8H,4-5H2,1-3H3,(H2,10,11,12). The van der Waals surface area contributed by atoms with Crippen LogP contribution in [-0.2, 0) is 10.8 Å². The lowest BCUT2D eigenvalue weighted by Gasteiger charge is -2.07. The Morgan fingerprint density at radius 1 is 1.71 bits per heavy atom. The maximum absolute atomic E-state index is 11.1. The highest BCUT2D eigenvalue weighted by Gasteiger charge is 2.05. The van der Waals surface area contributed by atoms with Gasteiger partial charge in [0.15, 0.2) is 5.95 Å². The van der Waals surface area contributed by atoms with Gasteiger partial charge in [-0.25, -0.2) is 4.98 Å². The fraction of sp³-hybridized carbons (Fsp3) is 0.667. The number of H-pyrrole nitrogens is 1. The monoisotopic (exact) mass is 215 g/mol. The van der Waals surface area contributed by atoms with E-state index in [4.69, 9.17) is 0 Å². The molecule has 1 aromatic heterocycles. The van der Waals surface area contributed by atoms with Crippen LogP contribution in [0.4, 0.5) is 5.95 Å². The summed E-state index contributed by atoms with van der Waals surface area (Å²) in [6, 6.07) is 0. The molecular weight excluding hydrogens is 198 g/mol. The van der Waals surface area contributed by atoms with Crippen LogP contribution in [0.2, 0.25) is 0 Å². The van der Waals surface area contributed by atoms with Crippen LogP contribution in [0.25, 0.3) is 0 Å². The molecule has 0 aliphatic carbocycles. The third kappa shape index (κ3) is 3.49. The average molecular weight is 215 g/mol. The second-order valence-corrected chi connectivity index (χ2v) is 5.24. The summed E-state index contributed by atoms with van der Waals surface area (Å²) in [6.07, 6.45) is 4.41. The van der Waals surface area contributed by atoms with Crippen LogP contribution in [0.5, 0.6) is 0 Å². The molecule has 0 spiro atoms. The van der Waals surface area contributed by atoms with E-state index in [9.17, 15) is 4.21 Å². The van der Waals surface area contributed by atoms with Gasteiger partial charge in [0.05, 0.1) is 0 Å². The van der Waals surface area contributed by atoms with Crippen LogP contribution in [0.3, 0.4) is 0 Å². The largest absolute Gasteiger partial charge is 0.356 e. The minimum Gasteiger partial charge on any atom is -0.356 e. The maximum atomic E-state index is 11.1. The lowest BCUT2D eigenvalue weighted by atomic mass is 10.3. The summed E-state index contributed by atoms with van der Waals surface area (Å²) in [5.41, 5.74) is 1.04. The van der Waals surface area contributed by atoms with Crippen LogP contribution in [0, 0.1) is 6.92 Å². The van der Waals surface area contributed by atoms with Crippen LogP contribution in [-0.4, -0.2) is 32.2 Å². The van der Waals surface area contributed by atoms with Gasteiger partial charge in [-0.15, -0.1) is 0 Å². The molecule has 0 bridgehead atoms. The number of rotatable bonds is 5. The number of nitrogens with zero attached hydrogens (tertiary/aromatic N) is 1. The first-order valence-electron chi connectivity index (χ1n) is 4.67. The number of hydrogen-bond acceptors (Lipinski definition) is 3. The second-order valence-electron chi connectivity index (χ2n) is 3.44. The Labute approximate surface area is 87.0 Å². The zero-order valence-corrected chi connectivity index (χ0v) is 9.65. The van der Waals surface area contributed by atoms with Crippen molar-refractivity contribution in [1.29, 1.82) is 0 Å². The summed E-state index contributed by atoms with van der Waals surface area (Å²) in [7, 11) is -0.734. The number of aromatic amines is 1. The van der Waals surface area contributed by atoms with Crippen molar-refractivity contribution in [3.8, 4) is 0 Å². The summed E-state index contributed by atoms with van der Waals surface area (Å²) in [6.45, 7) is 4.75. The van der Waals surface area contributed by atoms with Gasteiger partial charge in [0, 0.05) is 40.7 Å². The van der Waals surface area contributed by atoms with E-state index in [0.29, 0.717) is 0 Å². The van der Waals surface area contributed by atoms with E-state index in [-0.39, 0.29) is 5.25 Å². The topological polar surface area (TPSA) is 57.8 Å². The number of aryl methyl sites for hydroxylation is 1. The van der Waals surface area contributed by atoms with Gasteiger partial charge in [0.2, 0.25) is 0 Å². The molecule has 4 nitrogen and oxygen atoms in total. The molecule has 5 heteroatoms. The van der Waals surface area contributed by atoms with Gasteiger partial charge in [-0.05, 0) is 13.3 Å². The molecule has 1 heterocycles. The third-order valence-electron chi connectivity index (χ3n) is 2.11. The van der Waals surface area contributed by atoms with E-state index in [1.54, 1.807) is 12.5 Å². The van der Waals surface area contributed by atoms with Crippen molar-refractivity contribution in [3.63, 3.8) is 0 Å². The highest BCUT2D eigenvalue weighted by Crippen LogP contribution is 2.03. The minimum atomic E-state index is -0.734. The van der Waals surface area contributed by atoms with Crippen LogP contribution < -0.4 is 5.32 Å². The summed E-state index contributed by atoms with van der Waals surface area (Å²) < 4.78 is 11.1. The molecule has 0 radical (unpaired) electrons. The van der Waals surface area contributed by atoms with E-state index in [0.717, 1.165) is 24.6 Å². The van der Waals surface area contributed by atoms with Crippen molar-refractivity contribution in [3.05, 3.63) is 11.9 Å². The predicted molar refractivity (Wildman–Crippen MR) is 60.0 cm³/mol. The fourth-order valence-electron chi connectivity index (χ4n) is 1.06. The number of anilines is 1. The number of hydrogen-bond donors (Lipinski definition) is 2. The first-order valence-corrected chi connectivity index (χ1v) is 6.29. The van der Waals surface area contributed by atoms with Crippen molar-refractivity contribution in [2.45, 2.75) is 25.5 Å². The van der Waals surface area contributed by atoms with Gasteiger partial charge in [-0.2, -0.15) is 0 Å². The van der Waals surface area contributed by atoms with E-state index in [1.807, 2.05) is 13.8 Å². The van der Waals surface area contributed by atoms with Crippen molar-refractivity contribution >= 4 is 16.7 Å². The van der Waals surface area contributed by atoms with E-state index in [1.165, 1.54) is 0 Å². The van der Waals surface area contributed by atoms with E-state index < -0.39 is 10.8 Å². The zero-order chi connectivity index (χ0) is 10.6. The van der Waals surface area contributed by atoms with Crippen molar-refractivity contribution < 1.29 is 4.21 Å². The molecule has 2 atom stereocenters. The molecule has 0 aliphatic rings. The van der Waals surface area contributed by atoms with Gasteiger partial charge in [-0.3, -0.25) is 4.21 Å². The molecular formula is C9H17N3OS. The Morgan fingerprint density at radius 3 is 2.93 bits per heavy atom. The second kappa shape index (κ2) is 5.14. The molecule has 1 rings (SSSR count). The predicted octanol–water partition coefficient (Wildman–Crippen LogP) is 1.29. The van der Waals surface area contributed by atoms with Gasteiger partial charge >= 0.3 is 0 Å². The Hall–Kier alpha value is -0.840. The first kappa shape index (κ1) is 11.2. The molecule has 2 N–H and O–H groups in total. The van der Waals surface area contributed by atoms with Gasteiger partial charge in [0.25, 0.3) is 0 Å². The Kier molecular flexibility index (Phi) is 4.13. The molecule has 0 aliphatic heterocycles. The van der Waals surface area contributed by atoms with Crippen LogP contribution in [0.15, 0.2) is 6.20 Å². The summed E-state index contributed by atoms with van der Waals surface area (Å²) in [5, 5.41) is 3.38. The summed E-state index contributed by atoms with van der Waals surface area (Å²) in [4.78, 5) is 7.20. The Morgan fingerprint density at radius 2 is 2.43 bits per heavy atom. The normalized spacial score (nSPS) is 15.1. The zero-order valence-electron chi connectivity index (χ0n) is 8.83. The SMILES string of the molecule is Cc1cnc(NCCC(C)S(C)=O)[nH]1. The molecule has 2 unspecified atom stereocenters. The van der Waals surface area contributed by atoms with Crippen molar-refractivity contribution in [2.75, 3.05) is 18.1 Å². The van der Waals surface area contributed by atoms with E-state index >= 15 is 0 Å². The summed E-state index contributed by atoms with van der Waals surface area (Å²) in [5.74, 6) is 0.789. The highest BCUT2D eigenvalue weighted by molar-refractivity contribution is 7.84. The smallest absolute Gasteiger partial charge is 0.200 e. The maximum Gasteiger partial charge on any atom is 0.200 e. The number of nitrogens with one attached hydrogen (secondary N) is 2. The molecule has 0 aromatic carbocycles. The number of imidazole rings is 1. The van der Waals surface area contributed by atoms with Crippen molar-refractivity contribution in [2.24, 2.45) is 0 Å². The average Bonchev–Trinajstić information content (AvgIpc) is 2.51. The van der Waals surface area contributed by atoms with Gasteiger partial charge in [-0.1, -0.05) is 6.92 Å². The summed E-state index contributed by atoms with van der Waals surface area (Å²) >= 11 is 0. The fourth-order valence-corrected chi connectivity index (χ4v) is 1.51. The molecule has 1 aromatic rings. The Bertz CT molecular complexity index is 311. The lowest BCUT2D eigenvalue weighted by Crippen LogP contribution is -2.15. The molecule has 0 amide bonds. The molecule has 80 valence electrons. The van der Waals surface area contributed by atoms with Crippen LogP contribution >= 0.6 is 0 Å². The van der Waals surface area contributed by atoms with Crippen molar-refractivity contribution in [1.82, 2.24) is 9.97 Å². The number of aromatic nitrogens is 2. The molecule has 14 heavy (non-hydrogen) atoms. The van der Waals surface area contributed by atoms with Crippen LogP contribution in [0.1, 0.15) is 19.0 Å². The van der Waals surface area contributed by atoms with Gasteiger partial charge in [0.1, 0.15) is 0 Å². The Balaban J connectivity index is 2.25.